The Bertz CT molecular complexity index is 902. The van der Waals surface area contributed by atoms with Crippen LogP contribution in [0.25, 0.3) is 0 Å². The van der Waals surface area contributed by atoms with Crippen molar-refractivity contribution in [1.82, 2.24) is 0 Å². The topological polar surface area (TPSA) is 47.6 Å². The molecular formula is C23H21NO3. The van der Waals surface area contributed by atoms with Crippen LogP contribution in [-0.4, -0.2) is 5.78 Å². The fourth-order valence-electron chi connectivity index (χ4n) is 2.78. The Balaban J connectivity index is 1.31. The lowest BCUT2D eigenvalue weighted by Crippen LogP contribution is -2.07. The van der Waals surface area contributed by atoms with Crippen LogP contribution in [0.2, 0.25) is 0 Å². The van der Waals surface area contributed by atoms with Gasteiger partial charge in [-0.15, -0.1) is 0 Å². The zero-order valence-corrected chi connectivity index (χ0v) is 14.9. The van der Waals surface area contributed by atoms with E-state index in [-0.39, 0.29) is 11.7 Å². The van der Waals surface area contributed by atoms with Crippen molar-refractivity contribution in [1.29, 1.82) is 0 Å². The number of benzene rings is 3. The van der Waals surface area contributed by atoms with Gasteiger partial charge in [0, 0.05) is 11.5 Å². The summed E-state index contributed by atoms with van der Waals surface area (Å²) in [7, 11) is 0. The summed E-state index contributed by atoms with van der Waals surface area (Å²) in [4.78, 5) is 17.8. The zero-order valence-electron chi connectivity index (χ0n) is 14.9. The molecule has 1 aliphatic rings. The average molecular weight is 359 g/mol. The highest BCUT2D eigenvalue weighted by Gasteiger charge is 2.30. The maximum absolute atomic E-state index is 12.2. The van der Waals surface area contributed by atoms with Crippen molar-refractivity contribution < 1.29 is 14.4 Å². The van der Waals surface area contributed by atoms with Gasteiger partial charge in [0.2, 0.25) is 0 Å². The number of hydrogen-bond donors (Lipinski definition) is 1. The SMILES string of the molecule is O=C(c1cccc(NOc2ccc(OCc3ccccc3)cc2)c1)C1CC1. The van der Waals surface area contributed by atoms with Crippen LogP contribution >= 0.6 is 0 Å². The fraction of sp³-hybridized carbons (Fsp3) is 0.174. The zero-order chi connectivity index (χ0) is 18.5. The van der Waals surface area contributed by atoms with Crippen molar-refractivity contribution in [2.75, 3.05) is 5.48 Å². The third kappa shape index (κ3) is 4.67. The molecule has 3 aromatic rings. The average Bonchev–Trinajstić information content (AvgIpc) is 3.57. The van der Waals surface area contributed by atoms with E-state index in [0.717, 1.165) is 35.4 Å². The minimum Gasteiger partial charge on any atom is -0.489 e. The quantitative estimate of drug-likeness (QED) is 0.440. The van der Waals surface area contributed by atoms with Gasteiger partial charge in [-0.3, -0.25) is 4.79 Å². The Labute approximate surface area is 158 Å². The van der Waals surface area contributed by atoms with Crippen LogP contribution in [0.1, 0.15) is 28.8 Å². The van der Waals surface area contributed by atoms with Crippen molar-refractivity contribution in [2.45, 2.75) is 19.4 Å². The number of hydrogen-bond acceptors (Lipinski definition) is 4. The highest BCUT2D eigenvalue weighted by molar-refractivity contribution is 5.99. The van der Waals surface area contributed by atoms with Gasteiger partial charge in [0.15, 0.2) is 11.5 Å². The smallest absolute Gasteiger partial charge is 0.166 e. The molecule has 0 radical (unpaired) electrons. The lowest BCUT2D eigenvalue weighted by molar-refractivity contribution is 0.0967. The monoisotopic (exact) mass is 359 g/mol. The third-order valence-corrected chi connectivity index (χ3v) is 4.45. The molecule has 1 saturated carbocycles. The number of carbonyl (C=O) groups is 1. The summed E-state index contributed by atoms with van der Waals surface area (Å²) in [5.41, 5.74) is 5.51. The molecule has 0 amide bonds. The van der Waals surface area contributed by atoms with E-state index in [1.54, 1.807) is 0 Å². The largest absolute Gasteiger partial charge is 0.489 e. The number of Topliss-reactive ketones (excluding diaryl/α,β-unsaturated/α-hetero) is 1. The van der Waals surface area contributed by atoms with Gasteiger partial charge >= 0.3 is 0 Å². The molecule has 0 heterocycles. The fourth-order valence-corrected chi connectivity index (χ4v) is 2.78. The van der Waals surface area contributed by atoms with E-state index in [2.05, 4.69) is 5.48 Å². The number of ether oxygens (including phenoxy) is 1. The molecule has 0 unspecified atom stereocenters. The first kappa shape index (κ1) is 17.2. The standard InChI is InChI=1S/C23H21NO3/c25-23(18-9-10-18)19-7-4-8-20(15-19)24-27-22-13-11-21(12-14-22)26-16-17-5-2-1-3-6-17/h1-8,11-15,18,24H,9-10,16H2. The van der Waals surface area contributed by atoms with E-state index in [4.69, 9.17) is 9.57 Å². The molecule has 4 rings (SSSR count). The maximum atomic E-state index is 12.2. The summed E-state index contributed by atoms with van der Waals surface area (Å²) in [6.45, 7) is 0.529. The molecule has 1 aliphatic carbocycles. The Hall–Kier alpha value is -3.27. The van der Waals surface area contributed by atoms with E-state index < -0.39 is 0 Å². The summed E-state index contributed by atoms with van der Waals surface area (Å²) in [6.07, 6.45) is 2.01. The van der Waals surface area contributed by atoms with Gasteiger partial charge in [0.1, 0.15) is 12.4 Å². The number of ketones is 1. The Kier molecular flexibility index (Phi) is 5.06. The van der Waals surface area contributed by atoms with Crippen molar-refractivity contribution in [3.8, 4) is 11.5 Å². The summed E-state index contributed by atoms with van der Waals surface area (Å²) in [5, 5.41) is 0. The number of nitrogens with one attached hydrogen (secondary N) is 1. The first-order valence-corrected chi connectivity index (χ1v) is 9.12. The number of carbonyl (C=O) groups excluding carboxylic acids is 1. The molecule has 1 N–H and O–H groups in total. The third-order valence-electron chi connectivity index (χ3n) is 4.45. The summed E-state index contributed by atoms with van der Waals surface area (Å²) in [6, 6.07) is 24.9. The highest BCUT2D eigenvalue weighted by Crippen LogP contribution is 2.33. The molecule has 4 heteroatoms. The van der Waals surface area contributed by atoms with Crippen LogP contribution in [0.4, 0.5) is 5.69 Å². The van der Waals surface area contributed by atoms with Gasteiger partial charge in [-0.1, -0.05) is 42.5 Å². The molecule has 0 saturated heterocycles. The molecule has 0 bridgehead atoms. The minimum atomic E-state index is 0.213. The van der Waals surface area contributed by atoms with E-state index in [9.17, 15) is 4.79 Å². The Morgan fingerprint density at radius 2 is 1.63 bits per heavy atom. The molecule has 1 fully saturated rings. The predicted octanol–water partition coefficient (Wildman–Crippen LogP) is 5.26. The van der Waals surface area contributed by atoms with Crippen molar-refractivity contribution in [3.63, 3.8) is 0 Å². The summed E-state index contributed by atoms with van der Waals surface area (Å²) in [5.74, 6) is 1.88. The van der Waals surface area contributed by atoms with Gasteiger partial charge in [-0.2, -0.15) is 0 Å². The molecule has 0 spiro atoms. The molecular weight excluding hydrogens is 338 g/mol. The molecule has 0 aliphatic heterocycles. The van der Waals surface area contributed by atoms with E-state index in [1.165, 1.54) is 0 Å². The second-order valence-corrected chi connectivity index (χ2v) is 6.67. The van der Waals surface area contributed by atoms with E-state index >= 15 is 0 Å². The normalized spacial score (nSPS) is 13.0. The number of anilines is 1. The van der Waals surface area contributed by atoms with Crippen molar-refractivity contribution in [2.24, 2.45) is 5.92 Å². The van der Waals surface area contributed by atoms with Gasteiger partial charge in [-0.05, 0) is 54.8 Å². The van der Waals surface area contributed by atoms with Gasteiger partial charge < -0.3 is 9.57 Å². The molecule has 0 aromatic heterocycles. The van der Waals surface area contributed by atoms with E-state index in [1.807, 2.05) is 78.9 Å². The summed E-state index contributed by atoms with van der Waals surface area (Å²) >= 11 is 0. The summed E-state index contributed by atoms with van der Waals surface area (Å²) < 4.78 is 5.77. The molecule has 4 nitrogen and oxygen atoms in total. The van der Waals surface area contributed by atoms with Crippen LogP contribution in [-0.2, 0) is 6.61 Å². The lowest BCUT2D eigenvalue weighted by atomic mass is 10.1. The second-order valence-electron chi connectivity index (χ2n) is 6.67. The Morgan fingerprint density at radius 1 is 0.889 bits per heavy atom. The van der Waals surface area contributed by atoms with Crippen molar-refractivity contribution >= 4 is 11.5 Å². The number of rotatable bonds is 8. The second kappa shape index (κ2) is 7.96. The van der Waals surface area contributed by atoms with Crippen LogP contribution in [0.15, 0.2) is 78.9 Å². The lowest BCUT2D eigenvalue weighted by Gasteiger charge is -2.10. The van der Waals surface area contributed by atoms with Crippen LogP contribution < -0.4 is 15.1 Å². The molecule has 27 heavy (non-hydrogen) atoms. The van der Waals surface area contributed by atoms with Gasteiger partial charge in [-0.25, -0.2) is 5.48 Å². The first-order chi connectivity index (χ1) is 13.3. The van der Waals surface area contributed by atoms with Crippen LogP contribution in [0.5, 0.6) is 11.5 Å². The Morgan fingerprint density at radius 3 is 2.37 bits per heavy atom. The van der Waals surface area contributed by atoms with Crippen LogP contribution in [0.3, 0.4) is 0 Å². The van der Waals surface area contributed by atoms with Crippen LogP contribution in [0, 0.1) is 5.92 Å². The molecule has 136 valence electrons. The van der Waals surface area contributed by atoms with Crippen molar-refractivity contribution in [3.05, 3.63) is 90.0 Å². The molecule has 3 aromatic carbocycles. The van der Waals surface area contributed by atoms with E-state index in [0.29, 0.717) is 12.4 Å². The van der Waals surface area contributed by atoms with Gasteiger partial charge in [0.25, 0.3) is 0 Å². The van der Waals surface area contributed by atoms with Gasteiger partial charge in [0.05, 0.1) is 5.69 Å². The minimum absolute atomic E-state index is 0.213. The molecule has 0 atom stereocenters. The highest BCUT2D eigenvalue weighted by atomic mass is 16.6. The predicted molar refractivity (Wildman–Crippen MR) is 105 cm³/mol. The first-order valence-electron chi connectivity index (χ1n) is 9.12. The maximum Gasteiger partial charge on any atom is 0.166 e.